The molecule has 0 fully saturated rings. The molecule has 21 heavy (non-hydrogen) atoms. The molecule has 0 aromatic heterocycles. The lowest BCUT2D eigenvalue weighted by Crippen LogP contribution is -2.43. The quantitative estimate of drug-likeness (QED) is 0.867. The lowest BCUT2D eigenvalue weighted by Gasteiger charge is -2.14. The summed E-state index contributed by atoms with van der Waals surface area (Å²) in [5.74, 6) is -0.981. The summed E-state index contributed by atoms with van der Waals surface area (Å²) < 4.78 is 6.45. The average Bonchev–Trinajstić information content (AvgIpc) is 2.42. The van der Waals surface area contributed by atoms with Crippen LogP contribution in [0.3, 0.4) is 0 Å². The zero-order valence-electron chi connectivity index (χ0n) is 11.3. The molecule has 1 atom stereocenters. The first kappa shape index (κ1) is 15.3. The van der Waals surface area contributed by atoms with Gasteiger partial charge in [-0.2, -0.15) is 0 Å². The first-order valence-electron chi connectivity index (χ1n) is 6.28. The summed E-state index contributed by atoms with van der Waals surface area (Å²) in [6.45, 7) is 1.14. The van der Waals surface area contributed by atoms with Gasteiger partial charge in [0.25, 0.3) is 0 Å². The van der Waals surface area contributed by atoms with Crippen LogP contribution in [-0.4, -0.2) is 29.6 Å². The zero-order chi connectivity index (χ0) is 15.4. The van der Waals surface area contributed by atoms with E-state index in [0.29, 0.717) is 5.75 Å². The Morgan fingerprint density at radius 3 is 2.57 bits per heavy atom. The summed E-state index contributed by atoms with van der Waals surface area (Å²) in [6.07, 6.45) is 0. The molecule has 2 rings (SSSR count). The molecular formula is C15H14BrNO4. The van der Waals surface area contributed by atoms with Crippen LogP contribution in [0.2, 0.25) is 0 Å². The Morgan fingerprint density at radius 2 is 1.90 bits per heavy atom. The molecule has 0 saturated carbocycles. The van der Waals surface area contributed by atoms with Crippen molar-refractivity contribution in [1.82, 2.24) is 5.32 Å². The van der Waals surface area contributed by atoms with Crippen molar-refractivity contribution in [2.45, 2.75) is 13.0 Å². The zero-order valence-corrected chi connectivity index (χ0v) is 12.9. The molecule has 0 saturated heterocycles. The van der Waals surface area contributed by atoms with E-state index in [0.717, 1.165) is 15.2 Å². The van der Waals surface area contributed by atoms with Gasteiger partial charge < -0.3 is 15.2 Å². The fraction of sp³-hybridized carbons (Fsp3) is 0.200. The number of carbonyl (C=O) groups is 2. The van der Waals surface area contributed by atoms with Crippen molar-refractivity contribution in [3.8, 4) is 5.75 Å². The third kappa shape index (κ3) is 4.19. The Hall–Kier alpha value is -2.08. The average molecular weight is 352 g/mol. The van der Waals surface area contributed by atoms with E-state index in [1.165, 1.54) is 6.92 Å². The minimum absolute atomic E-state index is 0.128. The van der Waals surface area contributed by atoms with Crippen LogP contribution >= 0.6 is 15.9 Å². The topological polar surface area (TPSA) is 75.6 Å². The smallest absolute Gasteiger partial charge is 0.329 e. The normalized spacial score (nSPS) is 11.9. The molecule has 2 aromatic rings. The largest absolute Gasteiger partial charge is 0.491 e. The Bertz CT molecular complexity index is 686. The van der Waals surface area contributed by atoms with E-state index in [9.17, 15) is 9.59 Å². The molecule has 0 bridgehead atoms. The number of halogens is 1. The Balaban J connectivity index is 2.10. The fourth-order valence-corrected chi connectivity index (χ4v) is 2.26. The van der Waals surface area contributed by atoms with Gasteiger partial charge >= 0.3 is 5.97 Å². The molecule has 110 valence electrons. The maximum Gasteiger partial charge on any atom is 0.329 e. The summed E-state index contributed by atoms with van der Waals surface area (Å²) >= 11 is 3.40. The van der Waals surface area contributed by atoms with E-state index in [1.807, 2.05) is 30.3 Å². The number of carboxylic acids is 1. The van der Waals surface area contributed by atoms with Crippen LogP contribution in [0.4, 0.5) is 0 Å². The third-order valence-electron chi connectivity index (χ3n) is 2.87. The number of hydrogen-bond donors (Lipinski definition) is 2. The highest BCUT2D eigenvalue weighted by Crippen LogP contribution is 2.24. The van der Waals surface area contributed by atoms with Crippen molar-refractivity contribution in [2.24, 2.45) is 0 Å². The van der Waals surface area contributed by atoms with Gasteiger partial charge in [0.2, 0.25) is 5.91 Å². The van der Waals surface area contributed by atoms with Crippen LogP contribution < -0.4 is 10.1 Å². The minimum atomic E-state index is -1.13. The van der Waals surface area contributed by atoms with Crippen molar-refractivity contribution in [3.05, 3.63) is 40.9 Å². The van der Waals surface area contributed by atoms with Crippen LogP contribution in [0.25, 0.3) is 10.8 Å². The molecule has 0 radical (unpaired) electrons. The van der Waals surface area contributed by atoms with Crippen LogP contribution in [-0.2, 0) is 9.59 Å². The molecule has 0 aliphatic carbocycles. The fourth-order valence-electron chi connectivity index (χ4n) is 1.88. The first-order valence-corrected chi connectivity index (χ1v) is 7.07. The molecule has 2 N–H and O–H groups in total. The van der Waals surface area contributed by atoms with E-state index in [4.69, 9.17) is 9.84 Å². The van der Waals surface area contributed by atoms with Crippen LogP contribution in [0, 0.1) is 0 Å². The molecule has 0 heterocycles. The van der Waals surface area contributed by atoms with E-state index in [2.05, 4.69) is 21.2 Å². The number of aliphatic carboxylic acids is 1. The number of amides is 1. The summed E-state index contributed by atoms with van der Waals surface area (Å²) in [4.78, 5) is 21.9. The second kappa shape index (κ2) is 6.58. The molecular weight excluding hydrogens is 338 g/mol. The second-order valence-electron chi connectivity index (χ2n) is 4.56. The second-order valence-corrected chi connectivity index (χ2v) is 5.47. The number of hydrogen-bond acceptors (Lipinski definition) is 3. The maximum absolute atomic E-state index is 11.0. The monoisotopic (exact) mass is 351 g/mol. The van der Waals surface area contributed by atoms with Gasteiger partial charge in [0, 0.05) is 11.4 Å². The van der Waals surface area contributed by atoms with Crippen molar-refractivity contribution in [1.29, 1.82) is 0 Å². The number of fused-ring (bicyclic) bond motifs is 1. The molecule has 6 heteroatoms. The van der Waals surface area contributed by atoms with Gasteiger partial charge in [-0.15, -0.1) is 0 Å². The molecule has 1 unspecified atom stereocenters. The molecule has 1 amide bonds. The number of ether oxygens (including phenoxy) is 1. The maximum atomic E-state index is 11.0. The Kier molecular flexibility index (Phi) is 4.80. The summed E-state index contributed by atoms with van der Waals surface area (Å²) in [5, 5.41) is 13.4. The van der Waals surface area contributed by atoms with Gasteiger partial charge in [-0.05, 0) is 35.0 Å². The predicted molar refractivity (Wildman–Crippen MR) is 82.4 cm³/mol. The van der Waals surface area contributed by atoms with Gasteiger partial charge in [-0.3, -0.25) is 4.79 Å². The lowest BCUT2D eigenvalue weighted by atomic mass is 10.1. The molecule has 0 aliphatic heterocycles. The number of nitrogens with one attached hydrogen (secondary N) is 1. The molecule has 2 aromatic carbocycles. The molecule has 0 aliphatic rings. The van der Waals surface area contributed by atoms with Crippen LogP contribution in [0.5, 0.6) is 5.75 Å². The van der Waals surface area contributed by atoms with Gasteiger partial charge in [0.15, 0.2) is 6.04 Å². The summed E-state index contributed by atoms with van der Waals surface area (Å²) in [6, 6.07) is 10.3. The Morgan fingerprint density at radius 1 is 1.24 bits per heavy atom. The van der Waals surface area contributed by atoms with Gasteiger partial charge in [0.05, 0.1) is 0 Å². The van der Waals surface area contributed by atoms with Crippen molar-refractivity contribution >= 4 is 38.6 Å². The van der Waals surface area contributed by atoms with Gasteiger partial charge in [-0.25, -0.2) is 4.79 Å². The first-order chi connectivity index (χ1) is 9.95. The Labute approximate surface area is 130 Å². The third-order valence-corrected chi connectivity index (χ3v) is 3.36. The van der Waals surface area contributed by atoms with Crippen molar-refractivity contribution in [2.75, 3.05) is 6.61 Å². The predicted octanol–water partition coefficient (Wildman–Crippen LogP) is 2.57. The number of rotatable bonds is 5. The highest BCUT2D eigenvalue weighted by molar-refractivity contribution is 9.10. The van der Waals surface area contributed by atoms with Gasteiger partial charge in [-0.1, -0.05) is 28.1 Å². The standard InChI is InChI=1S/C15H14BrNO4/c1-9(18)17-14(15(19)20)8-21-13-5-3-10-6-12(16)4-2-11(10)7-13/h2-7,14H,8H2,1H3,(H,17,18)(H,19,20). The summed E-state index contributed by atoms with van der Waals surface area (Å²) in [7, 11) is 0. The van der Waals surface area contributed by atoms with E-state index < -0.39 is 17.9 Å². The van der Waals surface area contributed by atoms with Crippen LogP contribution in [0.15, 0.2) is 40.9 Å². The van der Waals surface area contributed by atoms with E-state index >= 15 is 0 Å². The van der Waals surface area contributed by atoms with Crippen molar-refractivity contribution in [3.63, 3.8) is 0 Å². The van der Waals surface area contributed by atoms with Crippen LogP contribution in [0.1, 0.15) is 6.92 Å². The minimum Gasteiger partial charge on any atom is -0.491 e. The number of carbonyl (C=O) groups excluding carboxylic acids is 1. The molecule has 5 nitrogen and oxygen atoms in total. The lowest BCUT2D eigenvalue weighted by molar-refractivity contribution is -0.142. The van der Waals surface area contributed by atoms with Gasteiger partial charge in [0.1, 0.15) is 12.4 Å². The van der Waals surface area contributed by atoms with E-state index in [-0.39, 0.29) is 6.61 Å². The summed E-state index contributed by atoms with van der Waals surface area (Å²) in [5.41, 5.74) is 0. The molecule has 0 spiro atoms. The highest BCUT2D eigenvalue weighted by atomic mass is 79.9. The SMILES string of the molecule is CC(=O)NC(COc1ccc2cc(Br)ccc2c1)C(=O)O. The number of benzene rings is 2. The van der Waals surface area contributed by atoms with Crippen molar-refractivity contribution < 1.29 is 19.4 Å². The number of carboxylic acid groups (broad SMARTS) is 1. The van der Waals surface area contributed by atoms with E-state index in [1.54, 1.807) is 6.07 Å². The highest BCUT2D eigenvalue weighted by Gasteiger charge is 2.19.